The molecule has 0 saturated carbocycles. The molecule has 0 radical (unpaired) electrons. The van der Waals surface area contributed by atoms with E-state index >= 15 is 0 Å². The smallest absolute Gasteiger partial charge is 0.0500 e. The van der Waals surface area contributed by atoms with E-state index in [9.17, 15) is 0 Å². The van der Waals surface area contributed by atoms with Crippen molar-refractivity contribution in [1.82, 2.24) is 5.43 Å². The molecule has 3 N–H and O–H groups in total. The molecule has 100 valence electrons. The van der Waals surface area contributed by atoms with Gasteiger partial charge in [-0.1, -0.05) is 41.5 Å². The van der Waals surface area contributed by atoms with Crippen LogP contribution in [0.2, 0.25) is 0 Å². The van der Waals surface area contributed by atoms with Crippen molar-refractivity contribution in [2.75, 3.05) is 0 Å². The molecule has 0 saturated heterocycles. The number of hydrazine groups is 1. The first kappa shape index (κ1) is 14.5. The van der Waals surface area contributed by atoms with Gasteiger partial charge in [-0.15, -0.1) is 0 Å². The lowest BCUT2D eigenvalue weighted by atomic mass is 9.97. The van der Waals surface area contributed by atoms with E-state index in [1.807, 2.05) is 0 Å². The molecular weight excluding hydrogens is 347 g/mol. The highest BCUT2D eigenvalue weighted by atomic mass is 127. The second kappa shape index (κ2) is 6.50. The van der Waals surface area contributed by atoms with Crippen molar-refractivity contribution in [1.29, 1.82) is 0 Å². The molecule has 0 fully saturated rings. The highest BCUT2D eigenvalue weighted by Gasteiger charge is 2.11. The lowest BCUT2D eigenvalue weighted by Crippen LogP contribution is -2.29. The van der Waals surface area contributed by atoms with Crippen LogP contribution in [0.15, 0.2) is 42.5 Å². The van der Waals surface area contributed by atoms with Crippen LogP contribution in [0.1, 0.15) is 28.3 Å². The maximum absolute atomic E-state index is 5.73. The highest BCUT2D eigenvalue weighted by molar-refractivity contribution is 14.1. The molecule has 0 heterocycles. The minimum absolute atomic E-state index is 0.149. The van der Waals surface area contributed by atoms with Gasteiger partial charge in [0.05, 0.1) is 6.04 Å². The number of nitrogens with two attached hydrogens (primary N) is 1. The molecule has 2 aromatic carbocycles. The fraction of sp³-hybridized carbons (Fsp3) is 0.250. The Bertz CT molecular complexity index is 546. The summed E-state index contributed by atoms with van der Waals surface area (Å²) in [5.41, 5.74) is 8.08. The van der Waals surface area contributed by atoms with Gasteiger partial charge in [0.25, 0.3) is 0 Å². The quantitative estimate of drug-likeness (QED) is 0.493. The number of benzene rings is 2. The van der Waals surface area contributed by atoms with Crippen molar-refractivity contribution < 1.29 is 0 Å². The predicted octanol–water partition coefficient (Wildman–Crippen LogP) is 3.66. The van der Waals surface area contributed by atoms with Crippen LogP contribution in [0, 0.1) is 17.4 Å². The third-order valence-electron chi connectivity index (χ3n) is 3.17. The van der Waals surface area contributed by atoms with Crippen molar-refractivity contribution in [2.24, 2.45) is 5.84 Å². The van der Waals surface area contributed by atoms with Crippen LogP contribution >= 0.6 is 22.6 Å². The van der Waals surface area contributed by atoms with Crippen molar-refractivity contribution in [3.05, 3.63) is 68.3 Å². The number of hydrogen-bond donors (Lipinski definition) is 2. The fourth-order valence-corrected chi connectivity index (χ4v) is 2.99. The summed E-state index contributed by atoms with van der Waals surface area (Å²) in [6, 6.07) is 15.3. The molecule has 19 heavy (non-hydrogen) atoms. The summed E-state index contributed by atoms with van der Waals surface area (Å²) in [6.45, 7) is 4.26. The second-order valence-electron chi connectivity index (χ2n) is 4.97. The number of halogens is 1. The van der Waals surface area contributed by atoms with Crippen LogP contribution < -0.4 is 11.3 Å². The Morgan fingerprint density at radius 2 is 1.79 bits per heavy atom. The Hall–Kier alpha value is -0.910. The standard InChI is InChI=1S/C16H19IN2/c1-11-6-12(2)8-13(7-11)9-16(19-18)14-4-3-5-15(17)10-14/h3-8,10,16,19H,9,18H2,1-2H3. The third kappa shape index (κ3) is 4.03. The van der Waals surface area contributed by atoms with Crippen LogP contribution in [0.3, 0.4) is 0 Å². The van der Waals surface area contributed by atoms with Crippen LogP contribution in [0.4, 0.5) is 0 Å². The minimum Gasteiger partial charge on any atom is -0.271 e. The van der Waals surface area contributed by atoms with Crippen LogP contribution in [-0.4, -0.2) is 0 Å². The van der Waals surface area contributed by atoms with E-state index in [1.165, 1.54) is 25.8 Å². The van der Waals surface area contributed by atoms with E-state index in [4.69, 9.17) is 5.84 Å². The van der Waals surface area contributed by atoms with Gasteiger partial charge >= 0.3 is 0 Å². The lowest BCUT2D eigenvalue weighted by Gasteiger charge is -2.17. The first-order valence-corrected chi connectivity index (χ1v) is 7.45. The number of hydrogen-bond acceptors (Lipinski definition) is 2. The molecular formula is C16H19IN2. The number of aryl methyl sites for hydroxylation is 2. The summed E-state index contributed by atoms with van der Waals surface area (Å²) in [4.78, 5) is 0. The van der Waals surface area contributed by atoms with Gasteiger partial charge < -0.3 is 0 Å². The molecule has 0 aliphatic rings. The minimum atomic E-state index is 0.149. The summed E-state index contributed by atoms with van der Waals surface area (Å²) in [7, 11) is 0. The summed E-state index contributed by atoms with van der Waals surface area (Å²) >= 11 is 2.33. The molecule has 1 atom stereocenters. The Balaban J connectivity index is 2.23. The van der Waals surface area contributed by atoms with Crippen LogP contribution in [0.5, 0.6) is 0 Å². The molecule has 0 amide bonds. The second-order valence-corrected chi connectivity index (χ2v) is 6.22. The van der Waals surface area contributed by atoms with Crippen molar-refractivity contribution in [3.8, 4) is 0 Å². The SMILES string of the molecule is Cc1cc(C)cc(CC(NN)c2cccc(I)c2)c1. The predicted molar refractivity (Wildman–Crippen MR) is 88.8 cm³/mol. The summed E-state index contributed by atoms with van der Waals surface area (Å²) in [5.74, 6) is 5.73. The Morgan fingerprint density at radius 1 is 1.11 bits per heavy atom. The first-order valence-electron chi connectivity index (χ1n) is 6.37. The largest absolute Gasteiger partial charge is 0.271 e. The average molecular weight is 366 g/mol. The van der Waals surface area contributed by atoms with Crippen molar-refractivity contribution in [3.63, 3.8) is 0 Å². The zero-order chi connectivity index (χ0) is 13.8. The zero-order valence-electron chi connectivity index (χ0n) is 11.3. The van der Waals surface area contributed by atoms with Crippen LogP contribution in [-0.2, 0) is 6.42 Å². The van der Waals surface area contributed by atoms with Gasteiger partial charge in [0.1, 0.15) is 0 Å². The Kier molecular flexibility index (Phi) is 4.96. The van der Waals surface area contributed by atoms with E-state index in [0.717, 1.165) is 6.42 Å². The first-order chi connectivity index (χ1) is 9.08. The van der Waals surface area contributed by atoms with Gasteiger partial charge in [0.2, 0.25) is 0 Å². The summed E-state index contributed by atoms with van der Waals surface area (Å²) in [5, 5.41) is 0. The number of nitrogens with one attached hydrogen (secondary N) is 1. The van der Waals surface area contributed by atoms with E-state index in [0.29, 0.717) is 0 Å². The Labute approximate surface area is 128 Å². The van der Waals surface area contributed by atoms with Gasteiger partial charge in [-0.3, -0.25) is 11.3 Å². The van der Waals surface area contributed by atoms with Crippen LogP contribution in [0.25, 0.3) is 0 Å². The van der Waals surface area contributed by atoms with Gasteiger partial charge in [-0.2, -0.15) is 0 Å². The fourth-order valence-electron chi connectivity index (χ4n) is 2.42. The van der Waals surface area contributed by atoms with Crippen molar-refractivity contribution >= 4 is 22.6 Å². The monoisotopic (exact) mass is 366 g/mol. The normalized spacial score (nSPS) is 12.4. The lowest BCUT2D eigenvalue weighted by molar-refractivity contribution is 0.551. The van der Waals surface area contributed by atoms with Gasteiger partial charge in [0, 0.05) is 3.57 Å². The van der Waals surface area contributed by atoms with Crippen molar-refractivity contribution in [2.45, 2.75) is 26.3 Å². The topological polar surface area (TPSA) is 38.0 Å². The average Bonchev–Trinajstić information content (AvgIpc) is 2.34. The zero-order valence-corrected chi connectivity index (χ0v) is 13.4. The van der Waals surface area contributed by atoms with E-state index in [2.05, 4.69) is 84.3 Å². The maximum Gasteiger partial charge on any atom is 0.0500 e. The number of rotatable bonds is 4. The molecule has 0 spiro atoms. The Morgan fingerprint density at radius 3 is 2.37 bits per heavy atom. The summed E-state index contributed by atoms with van der Waals surface area (Å²) in [6.07, 6.45) is 0.902. The maximum atomic E-state index is 5.73. The van der Waals surface area contributed by atoms with E-state index in [1.54, 1.807) is 0 Å². The molecule has 0 bridgehead atoms. The van der Waals surface area contributed by atoms with Gasteiger partial charge in [-0.25, -0.2) is 0 Å². The molecule has 2 rings (SSSR count). The molecule has 3 heteroatoms. The van der Waals surface area contributed by atoms with Gasteiger partial charge in [-0.05, 0) is 66.1 Å². The molecule has 2 nitrogen and oxygen atoms in total. The third-order valence-corrected chi connectivity index (χ3v) is 3.84. The molecule has 0 aromatic heterocycles. The summed E-state index contributed by atoms with van der Waals surface area (Å²) < 4.78 is 1.23. The molecule has 1 unspecified atom stereocenters. The van der Waals surface area contributed by atoms with Gasteiger partial charge in [0.15, 0.2) is 0 Å². The highest BCUT2D eigenvalue weighted by Crippen LogP contribution is 2.21. The molecule has 0 aliphatic carbocycles. The molecule has 2 aromatic rings. The van der Waals surface area contributed by atoms with E-state index < -0.39 is 0 Å². The molecule has 0 aliphatic heterocycles. The van der Waals surface area contributed by atoms with E-state index in [-0.39, 0.29) is 6.04 Å².